The first-order valence-electron chi connectivity index (χ1n) is 5.47. The van der Waals surface area contributed by atoms with Crippen LogP contribution in [0.1, 0.15) is 48.5 Å². The van der Waals surface area contributed by atoms with E-state index in [-0.39, 0.29) is 17.4 Å². The highest BCUT2D eigenvalue weighted by atomic mass is 16.2. The monoisotopic (exact) mass is 199 g/mol. The molecule has 2 heteroatoms. The Labute approximate surface area is 88.7 Å². The zero-order chi connectivity index (χ0) is 11.5. The van der Waals surface area contributed by atoms with E-state index in [0.717, 1.165) is 6.54 Å². The summed E-state index contributed by atoms with van der Waals surface area (Å²) in [6, 6.07) is 0. The second kappa shape index (κ2) is 4.81. The summed E-state index contributed by atoms with van der Waals surface area (Å²) in [4.78, 5) is 13.9. The van der Waals surface area contributed by atoms with Crippen molar-refractivity contribution >= 4 is 5.91 Å². The highest BCUT2D eigenvalue weighted by molar-refractivity contribution is 5.78. The average molecular weight is 199 g/mol. The van der Waals surface area contributed by atoms with Gasteiger partial charge in [-0.1, -0.05) is 27.7 Å². The Morgan fingerprint density at radius 3 is 1.79 bits per heavy atom. The normalized spacial score (nSPS) is 12.4. The highest BCUT2D eigenvalue weighted by Crippen LogP contribution is 2.18. The summed E-state index contributed by atoms with van der Waals surface area (Å²) in [6.45, 7) is 15.3. The van der Waals surface area contributed by atoms with Gasteiger partial charge in [0.15, 0.2) is 0 Å². The zero-order valence-corrected chi connectivity index (χ0v) is 10.7. The van der Waals surface area contributed by atoms with Crippen LogP contribution in [0.15, 0.2) is 0 Å². The van der Waals surface area contributed by atoms with E-state index >= 15 is 0 Å². The molecule has 84 valence electrons. The number of nitrogens with zero attached hydrogens (tertiary/aromatic N) is 1. The molecule has 0 radical (unpaired) electrons. The molecule has 0 aliphatic carbocycles. The lowest BCUT2D eigenvalue weighted by molar-refractivity contribution is -0.140. The molecule has 0 N–H and O–H groups in total. The largest absolute Gasteiger partial charge is 0.337 e. The van der Waals surface area contributed by atoms with E-state index in [1.807, 2.05) is 18.7 Å². The molecular weight excluding hydrogens is 174 g/mol. The minimum absolute atomic E-state index is 0.0639. The van der Waals surface area contributed by atoms with E-state index < -0.39 is 0 Å². The van der Waals surface area contributed by atoms with Crippen molar-refractivity contribution in [2.45, 2.75) is 54.0 Å². The molecule has 0 saturated carbocycles. The quantitative estimate of drug-likeness (QED) is 0.684. The van der Waals surface area contributed by atoms with Gasteiger partial charge in [0.05, 0.1) is 0 Å². The van der Waals surface area contributed by atoms with E-state index in [1.165, 1.54) is 0 Å². The van der Waals surface area contributed by atoms with Crippen LogP contribution < -0.4 is 0 Å². The molecule has 14 heavy (non-hydrogen) atoms. The first kappa shape index (κ1) is 13.5. The van der Waals surface area contributed by atoms with E-state index in [9.17, 15) is 4.79 Å². The first-order valence-corrected chi connectivity index (χ1v) is 5.47. The standard InChI is InChI=1S/C12H25NO/c1-9(2)8-13(12(5,6)7)11(14)10(3)4/h9-10H,8H2,1-7H3. The number of amides is 1. The smallest absolute Gasteiger partial charge is 0.225 e. The Hall–Kier alpha value is -0.530. The van der Waals surface area contributed by atoms with Gasteiger partial charge in [0.1, 0.15) is 0 Å². The van der Waals surface area contributed by atoms with Gasteiger partial charge >= 0.3 is 0 Å². The number of hydrogen-bond donors (Lipinski definition) is 0. The molecule has 0 aliphatic rings. The lowest BCUT2D eigenvalue weighted by atomic mass is 10.0. The molecule has 0 rings (SSSR count). The van der Waals surface area contributed by atoms with Crippen LogP contribution >= 0.6 is 0 Å². The maximum atomic E-state index is 12.0. The van der Waals surface area contributed by atoms with E-state index in [0.29, 0.717) is 5.92 Å². The predicted octanol–water partition coefficient (Wildman–Crippen LogP) is 2.93. The van der Waals surface area contributed by atoms with Gasteiger partial charge in [-0.3, -0.25) is 4.79 Å². The summed E-state index contributed by atoms with van der Waals surface area (Å²) in [5.74, 6) is 0.871. The molecule has 0 spiro atoms. The van der Waals surface area contributed by atoms with Crippen molar-refractivity contribution in [1.29, 1.82) is 0 Å². The molecule has 0 aromatic rings. The van der Waals surface area contributed by atoms with Crippen molar-refractivity contribution in [3.63, 3.8) is 0 Å². The minimum Gasteiger partial charge on any atom is -0.337 e. The third kappa shape index (κ3) is 4.12. The van der Waals surface area contributed by atoms with Gasteiger partial charge in [-0.2, -0.15) is 0 Å². The second-order valence-electron chi connectivity index (χ2n) is 5.67. The molecule has 0 atom stereocenters. The number of carbonyl (C=O) groups excluding carboxylic acids is 1. The van der Waals surface area contributed by atoms with Crippen LogP contribution in [0.5, 0.6) is 0 Å². The number of rotatable bonds is 3. The highest BCUT2D eigenvalue weighted by Gasteiger charge is 2.28. The molecule has 0 aliphatic heterocycles. The average Bonchev–Trinajstić information content (AvgIpc) is 1.96. The molecule has 0 aromatic carbocycles. The van der Waals surface area contributed by atoms with Crippen molar-refractivity contribution in [3.8, 4) is 0 Å². The van der Waals surface area contributed by atoms with Crippen LogP contribution in [0.4, 0.5) is 0 Å². The van der Waals surface area contributed by atoms with Gasteiger partial charge in [-0.25, -0.2) is 0 Å². The lowest BCUT2D eigenvalue weighted by Gasteiger charge is -2.38. The van der Waals surface area contributed by atoms with Gasteiger partial charge in [0, 0.05) is 18.0 Å². The van der Waals surface area contributed by atoms with Gasteiger partial charge in [0.2, 0.25) is 5.91 Å². The van der Waals surface area contributed by atoms with E-state index in [4.69, 9.17) is 0 Å². The van der Waals surface area contributed by atoms with Crippen LogP contribution in [-0.2, 0) is 4.79 Å². The fourth-order valence-electron chi connectivity index (χ4n) is 1.37. The van der Waals surface area contributed by atoms with Crippen molar-refractivity contribution in [1.82, 2.24) is 4.90 Å². The number of hydrogen-bond acceptors (Lipinski definition) is 1. The molecular formula is C12H25NO. The fraction of sp³-hybridized carbons (Fsp3) is 0.917. The fourth-order valence-corrected chi connectivity index (χ4v) is 1.37. The first-order chi connectivity index (χ1) is 6.16. The van der Waals surface area contributed by atoms with Crippen molar-refractivity contribution in [2.75, 3.05) is 6.54 Å². The van der Waals surface area contributed by atoms with Gasteiger partial charge < -0.3 is 4.90 Å². The molecule has 1 amide bonds. The molecule has 0 unspecified atom stereocenters. The van der Waals surface area contributed by atoms with E-state index in [2.05, 4.69) is 34.6 Å². The molecule has 0 heterocycles. The summed E-state index contributed by atoms with van der Waals surface area (Å²) in [5.41, 5.74) is -0.0639. The van der Waals surface area contributed by atoms with Crippen LogP contribution in [0.25, 0.3) is 0 Å². The summed E-state index contributed by atoms with van der Waals surface area (Å²) in [6.07, 6.45) is 0. The van der Waals surface area contributed by atoms with Crippen molar-refractivity contribution < 1.29 is 4.79 Å². The van der Waals surface area contributed by atoms with Crippen LogP contribution in [0.3, 0.4) is 0 Å². The molecule has 0 aromatic heterocycles. The van der Waals surface area contributed by atoms with Crippen molar-refractivity contribution in [2.24, 2.45) is 11.8 Å². The van der Waals surface area contributed by atoms with Gasteiger partial charge in [-0.05, 0) is 26.7 Å². The summed E-state index contributed by atoms with van der Waals surface area (Å²) >= 11 is 0. The Balaban J connectivity index is 4.65. The summed E-state index contributed by atoms with van der Waals surface area (Å²) < 4.78 is 0. The van der Waals surface area contributed by atoms with E-state index in [1.54, 1.807) is 0 Å². The van der Waals surface area contributed by atoms with Crippen LogP contribution in [0, 0.1) is 11.8 Å². The second-order valence-corrected chi connectivity index (χ2v) is 5.67. The van der Waals surface area contributed by atoms with Crippen LogP contribution in [-0.4, -0.2) is 22.9 Å². The van der Waals surface area contributed by atoms with Crippen LogP contribution in [0.2, 0.25) is 0 Å². The SMILES string of the molecule is CC(C)CN(C(=O)C(C)C)C(C)(C)C. The summed E-state index contributed by atoms with van der Waals surface area (Å²) in [7, 11) is 0. The minimum atomic E-state index is -0.0639. The predicted molar refractivity (Wildman–Crippen MR) is 61.1 cm³/mol. The third-order valence-electron chi connectivity index (χ3n) is 2.12. The summed E-state index contributed by atoms with van der Waals surface area (Å²) in [5, 5.41) is 0. The Bertz CT molecular complexity index is 189. The molecule has 0 bridgehead atoms. The lowest BCUT2D eigenvalue weighted by Crippen LogP contribution is -2.49. The van der Waals surface area contributed by atoms with Gasteiger partial charge in [-0.15, -0.1) is 0 Å². The molecule has 0 fully saturated rings. The number of carbonyl (C=O) groups is 1. The molecule has 0 saturated heterocycles. The van der Waals surface area contributed by atoms with Gasteiger partial charge in [0.25, 0.3) is 0 Å². The Morgan fingerprint density at radius 2 is 1.57 bits per heavy atom. The Morgan fingerprint density at radius 1 is 1.14 bits per heavy atom. The zero-order valence-electron chi connectivity index (χ0n) is 10.7. The maximum absolute atomic E-state index is 12.0. The third-order valence-corrected chi connectivity index (χ3v) is 2.12. The molecule has 2 nitrogen and oxygen atoms in total. The Kier molecular flexibility index (Phi) is 4.63. The van der Waals surface area contributed by atoms with Crippen molar-refractivity contribution in [3.05, 3.63) is 0 Å². The topological polar surface area (TPSA) is 20.3 Å². The maximum Gasteiger partial charge on any atom is 0.225 e.